The molecule has 10 heteroatoms. The normalized spacial score (nSPS) is 20.7. The molecule has 1 aliphatic carbocycles. The molecule has 3 heterocycles. The summed E-state index contributed by atoms with van der Waals surface area (Å²) in [7, 11) is 0. The van der Waals surface area contributed by atoms with Crippen molar-refractivity contribution in [2.24, 2.45) is 5.92 Å². The summed E-state index contributed by atoms with van der Waals surface area (Å²) in [5.41, 5.74) is 4.77. The van der Waals surface area contributed by atoms with Gasteiger partial charge in [0.25, 0.3) is 0 Å². The Kier molecular flexibility index (Phi) is 6.05. The van der Waals surface area contributed by atoms with Crippen LogP contribution in [0, 0.1) is 12.8 Å². The molecule has 37 heavy (non-hydrogen) atoms. The Hall–Kier alpha value is -3.89. The van der Waals surface area contributed by atoms with Gasteiger partial charge < -0.3 is 10.6 Å². The number of rotatable bonds is 5. The number of amides is 3. The lowest BCUT2D eigenvalue weighted by molar-refractivity contribution is -0.117. The van der Waals surface area contributed by atoms with Crippen LogP contribution >= 0.6 is 11.3 Å². The van der Waals surface area contributed by atoms with Crippen LogP contribution < -0.4 is 10.6 Å². The largest absolute Gasteiger partial charge is 0.346 e. The SMILES string of the molecule is Cc1ccc(-c2ccc3nc(NC(=O)[C@@H]4C[C@@H]4F)sc3n2)cc1NC(=O)N1OCC[C@H]1c1ccccc1. The van der Waals surface area contributed by atoms with Crippen LogP contribution in [0.15, 0.2) is 60.7 Å². The summed E-state index contributed by atoms with van der Waals surface area (Å²) in [6, 6.07) is 18.8. The van der Waals surface area contributed by atoms with Crippen LogP contribution in [-0.2, 0) is 9.63 Å². The Bertz CT molecular complexity index is 1490. The van der Waals surface area contributed by atoms with Crippen molar-refractivity contribution in [2.75, 3.05) is 17.2 Å². The number of alkyl halides is 1. The number of hydrogen-bond donors (Lipinski definition) is 2. The fourth-order valence-electron chi connectivity index (χ4n) is 4.40. The van der Waals surface area contributed by atoms with Crippen LogP contribution in [0.2, 0.25) is 0 Å². The average molecular weight is 518 g/mol. The van der Waals surface area contributed by atoms with Crippen LogP contribution in [0.3, 0.4) is 0 Å². The molecule has 4 aromatic rings. The lowest BCUT2D eigenvalue weighted by Gasteiger charge is -2.23. The van der Waals surface area contributed by atoms with Gasteiger partial charge in [0.2, 0.25) is 5.91 Å². The lowest BCUT2D eigenvalue weighted by atomic mass is 10.0. The van der Waals surface area contributed by atoms with Crippen molar-refractivity contribution in [3.8, 4) is 11.3 Å². The van der Waals surface area contributed by atoms with E-state index >= 15 is 0 Å². The number of nitrogens with one attached hydrogen (secondary N) is 2. The van der Waals surface area contributed by atoms with Crippen molar-refractivity contribution in [1.29, 1.82) is 0 Å². The minimum atomic E-state index is -1.06. The summed E-state index contributed by atoms with van der Waals surface area (Å²) in [5.74, 6) is -0.923. The van der Waals surface area contributed by atoms with Gasteiger partial charge in [-0.15, -0.1) is 0 Å². The topological polar surface area (TPSA) is 96.4 Å². The van der Waals surface area contributed by atoms with E-state index in [0.717, 1.165) is 23.1 Å². The van der Waals surface area contributed by atoms with E-state index in [4.69, 9.17) is 9.82 Å². The number of carbonyl (C=O) groups is 2. The Morgan fingerprint density at radius 3 is 2.68 bits per heavy atom. The molecule has 1 saturated heterocycles. The molecule has 2 aromatic heterocycles. The number of thiazole rings is 1. The van der Waals surface area contributed by atoms with E-state index in [9.17, 15) is 14.0 Å². The number of halogens is 1. The third kappa shape index (κ3) is 4.77. The number of aromatic nitrogens is 2. The second-order valence-corrected chi connectivity index (χ2v) is 10.2. The first-order valence-electron chi connectivity index (χ1n) is 12.1. The quantitative estimate of drug-likeness (QED) is 0.345. The van der Waals surface area contributed by atoms with Gasteiger partial charge in [0, 0.05) is 17.7 Å². The van der Waals surface area contributed by atoms with Gasteiger partial charge in [-0.2, -0.15) is 5.06 Å². The zero-order valence-corrected chi connectivity index (χ0v) is 20.8. The van der Waals surface area contributed by atoms with Gasteiger partial charge in [-0.1, -0.05) is 53.8 Å². The van der Waals surface area contributed by atoms with Crippen molar-refractivity contribution in [3.63, 3.8) is 0 Å². The number of benzene rings is 2. The molecule has 2 N–H and O–H groups in total. The fraction of sp³-hybridized carbons (Fsp3) is 0.259. The van der Waals surface area contributed by atoms with E-state index in [1.54, 1.807) is 0 Å². The smallest absolute Gasteiger partial charge is 0.306 e. The van der Waals surface area contributed by atoms with Crippen LogP contribution in [-0.4, -0.2) is 39.7 Å². The van der Waals surface area contributed by atoms with Gasteiger partial charge in [0.15, 0.2) is 5.13 Å². The maximum Gasteiger partial charge on any atom is 0.346 e. The second kappa shape index (κ2) is 9.53. The molecule has 2 aromatic carbocycles. The van der Waals surface area contributed by atoms with Crippen LogP contribution in [0.1, 0.15) is 30.0 Å². The zero-order chi connectivity index (χ0) is 25.5. The van der Waals surface area contributed by atoms with Crippen molar-refractivity contribution < 1.29 is 18.8 Å². The summed E-state index contributed by atoms with van der Waals surface area (Å²) in [4.78, 5) is 40.6. The van der Waals surface area contributed by atoms with Crippen molar-refractivity contribution in [3.05, 3.63) is 71.8 Å². The molecule has 1 aliphatic heterocycles. The third-order valence-electron chi connectivity index (χ3n) is 6.60. The summed E-state index contributed by atoms with van der Waals surface area (Å²) in [6.45, 7) is 2.40. The molecule has 1 saturated carbocycles. The molecular formula is C27H24FN5O3S. The minimum absolute atomic E-state index is 0.148. The van der Waals surface area contributed by atoms with E-state index in [0.29, 0.717) is 33.5 Å². The van der Waals surface area contributed by atoms with Crippen molar-refractivity contribution in [1.82, 2.24) is 15.0 Å². The van der Waals surface area contributed by atoms with Gasteiger partial charge in [0.05, 0.1) is 24.3 Å². The summed E-state index contributed by atoms with van der Waals surface area (Å²) in [5, 5.41) is 7.49. The van der Waals surface area contributed by atoms with E-state index in [1.807, 2.05) is 67.6 Å². The van der Waals surface area contributed by atoms with E-state index in [2.05, 4.69) is 15.6 Å². The molecular weight excluding hydrogens is 493 g/mol. The third-order valence-corrected chi connectivity index (χ3v) is 7.48. The summed E-state index contributed by atoms with van der Waals surface area (Å²) in [6.07, 6.45) is -0.0638. The minimum Gasteiger partial charge on any atom is -0.306 e. The number of anilines is 2. The second-order valence-electron chi connectivity index (χ2n) is 9.22. The standard InChI is InChI=1S/C27H24FN5O3S/c1-15-7-8-17(13-22(15)31-27(35)33-23(11-12-36-33)16-5-3-2-4-6-16)20-9-10-21-25(29-20)37-26(30-21)32-24(34)18-14-19(18)28/h2-10,13,18-19,23H,11-12,14H2,1H3,(H,31,35)(H,30,32,34)/t18-,19+,23+/m1/s1. The Labute approximate surface area is 216 Å². The number of pyridine rings is 1. The van der Waals surface area contributed by atoms with Crippen LogP contribution in [0.25, 0.3) is 21.6 Å². The number of hydroxylamine groups is 2. The highest BCUT2D eigenvalue weighted by Gasteiger charge is 2.44. The first-order chi connectivity index (χ1) is 18.0. The lowest BCUT2D eigenvalue weighted by Crippen LogP contribution is -2.33. The summed E-state index contributed by atoms with van der Waals surface area (Å²) < 4.78 is 13.2. The van der Waals surface area contributed by atoms with Crippen LogP contribution in [0.5, 0.6) is 0 Å². The molecule has 2 fully saturated rings. The van der Waals surface area contributed by atoms with Crippen molar-refractivity contribution >= 4 is 44.4 Å². The molecule has 0 spiro atoms. The maximum atomic E-state index is 13.2. The van der Waals surface area contributed by atoms with Gasteiger partial charge in [-0.25, -0.2) is 19.2 Å². The average Bonchev–Trinajstić information content (AvgIpc) is 3.28. The van der Waals surface area contributed by atoms with Crippen molar-refractivity contribution in [2.45, 2.75) is 32.0 Å². The highest BCUT2D eigenvalue weighted by atomic mass is 32.1. The van der Waals surface area contributed by atoms with E-state index in [1.165, 1.54) is 16.4 Å². The monoisotopic (exact) mass is 517 g/mol. The van der Waals surface area contributed by atoms with Crippen LogP contribution in [0.4, 0.5) is 20.0 Å². The number of hydrogen-bond acceptors (Lipinski definition) is 6. The highest BCUT2D eigenvalue weighted by molar-refractivity contribution is 7.22. The maximum absolute atomic E-state index is 13.2. The Morgan fingerprint density at radius 1 is 1.08 bits per heavy atom. The fourth-order valence-corrected chi connectivity index (χ4v) is 5.24. The van der Waals surface area contributed by atoms with Gasteiger partial charge in [-0.05, 0) is 42.7 Å². The Morgan fingerprint density at radius 2 is 1.89 bits per heavy atom. The Balaban J connectivity index is 1.21. The number of carbonyl (C=O) groups excluding carboxylic acids is 2. The number of fused-ring (bicyclic) bond motifs is 1. The molecule has 2 aliphatic rings. The molecule has 8 nitrogen and oxygen atoms in total. The number of nitrogens with zero attached hydrogens (tertiary/aromatic N) is 3. The molecule has 0 bridgehead atoms. The number of aryl methyl sites for hydroxylation is 1. The molecule has 3 atom stereocenters. The zero-order valence-electron chi connectivity index (χ0n) is 20.0. The molecule has 0 radical (unpaired) electrons. The molecule has 0 unspecified atom stereocenters. The van der Waals surface area contributed by atoms with E-state index in [-0.39, 0.29) is 24.4 Å². The molecule has 188 valence electrons. The predicted molar refractivity (Wildman–Crippen MR) is 140 cm³/mol. The van der Waals surface area contributed by atoms with Gasteiger partial charge in [0.1, 0.15) is 16.5 Å². The predicted octanol–water partition coefficient (Wildman–Crippen LogP) is 5.87. The first-order valence-corrected chi connectivity index (χ1v) is 12.9. The van der Waals surface area contributed by atoms with Gasteiger partial charge in [-0.3, -0.25) is 9.63 Å². The molecule has 6 rings (SSSR count). The summed E-state index contributed by atoms with van der Waals surface area (Å²) >= 11 is 1.24. The highest BCUT2D eigenvalue weighted by Crippen LogP contribution is 2.36. The van der Waals surface area contributed by atoms with E-state index < -0.39 is 12.1 Å². The molecule has 3 amide bonds. The first kappa shape index (κ1) is 23.5. The number of urea groups is 1. The van der Waals surface area contributed by atoms with Gasteiger partial charge >= 0.3 is 6.03 Å².